The lowest BCUT2D eigenvalue weighted by atomic mass is 10.1. The number of methoxy groups -OCH3 is 1. The van der Waals surface area contributed by atoms with Crippen LogP contribution in [-0.4, -0.2) is 50.9 Å². The first kappa shape index (κ1) is 31.7. The summed E-state index contributed by atoms with van der Waals surface area (Å²) in [6.07, 6.45) is 3.86. The minimum Gasteiger partial charge on any atom is -0.497 e. The van der Waals surface area contributed by atoms with Gasteiger partial charge in [-0.1, -0.05) is 71.9 Å². The number of carbonyl (C=O) groups is 2. The van der Waals surface area contributed by atoms with Gasteiger partial charge in [-0.25, -0.2) is 8.42 Å². The number of hydrogen-bond donors (Lipinski definition) is 1. The molecule has 1 N–H and O–H groups in total. The number of aryl methyl sites for hydroxylation is 1. The van der Waals surface area contributed by atoms with Crippen molar-refractivity contribution >= 4 is 50.7 Å². The highest BCUT2D eigenvalue weighted by atomic mass is 35.5. The van der Waals surface area contributed by atoms with Gasteiger partial charge in [0.25, 0.3) is 10.0 Å². The van der Waals surface area contributed by atoms with Gasteiger partial charge in [0.05, 0.1) is 27.7 Å². The largest absolute Gasteiger partial charge is 0.497 e. The van der Waals surface area contributed by atoms with Gasteiger partial charge in [0.15, 0.2) is 0 Å². The SMILES string of the molecule is COc1ccc(CN(C(=O)CN(c2cccc(Cl)c2Cl)S(=O)(=O)c2ccc(C)cc2)[C@@H](C)C(=O)NC2CCCC2)cc1. The molecule has 0 saturated heterocycles. The minimum absolute atomic E-state index is 0.00335. The Hall–Kier alpha value is -3.27. The van der Waals surface area contributed by atoms with Gasteiger partial charge in [-0.15, -0.1) is 0 Å². The van der Waals surface area contributed by atoms with E-state index in [-0.39, 0.29) is 39.1 Å². The molecule has 2 amide bonds. The summed E-state index contributed by atoms with van der Waals surface area (Å²) in [5, 5.41) is 3.20. The standard InChI is InChI=1S/C31H35Cl2N3O5S/c1-21-11-17-26(18-12-21)42(39,40)36(28-10-6-9-27(32)30(28)33)20-29(37)35(19-23-13-15-25(41-3)16-14-23)22(2)31(38)34-24-7-4-5-8-24/h6,9-18,22,24H,4-5,7-8,19-20H2,1-3H3,(H,34,38)/t22-/m0/s1. The van der Waals surface area contributed by atoms with Crippen molar-refractivity contribution in [2.45, 2.75) is 63.1 Å². The summed E-state index contributed by atoms with van der Waals surface area (Å²) >= 11 is 12.8. The third-order valence-electron chi connectivity index (χ3n) is 7.47. The summed E-state index contributed by atoms with van der Waals surface area (Å²) in [6.45, 7) is 2.97. The summed E-state index contributed by atoms with van der Waals surface area (Å²) in [6, 6.07) is 17.2. The topological polar surface area (TPSA) is 96.0 Å². The zero-order chi connectivity index (χ0) is 30.4. The van der Waals surface area contributed by atoms with E-state index >= 15 is 0 Å². The Morgan fingerprint density at radius 1 is 1.00 bits per heavy atom. The third-order valence-corrected chi connectivity index (χ3v) is 10.1. The van der Waals surface area contributed by atoms with Crippen molar-refractivity contribution in [3.8, 4) is 5.75 Å². The zero-order valence-corrected chi connectivity index (χ0v) is 26.2. The van der Waals surface area contributed by atoms with Crippen LogP contribution in [-0.2, 0) is 26.2 Å². The van der Waals surface area contributed by atoms with E-state index in [1.807, 2.05) is 6.92 Å². The van der Waals surface area contributed by atoms with Gasteiger partial charge in [0.1, 0.15) is 18.3 Å². The van der Waals surface area contributed by atoms with E-state index in [0.717, 1.165) is 41.1 Å². The summed E-state index contributed by atoms with van der Waals surface area (Å²) in [5.74, 6) is -0.223. The summed E-state index contributed by atoms with van der Waals surface area (Å²) in [7, 11) is -2.70. The minimum atomic E-state index is -4.26. The van der Waals surface area contributed by atoms with Crippen LogP contribution in [0.3, 0.4) is 0 Å². The number of hydrogen-bond acceptors (Lipinski definition) is 5. The van der Waals surface area contributed by atoms with Crippen LogP contribution in [0.2, 0.25) is 10.0 Å². The zero-order valence-electron chi connectivity index (χ0n) is 23.8. The smallest absolute Gasteiger partial charge is 0.264 e. The van der Waals surface area contributed by atoms with Crippen molar-refractivity contribution in [3.05, 3.63) is 87.9 Å². The first-order valence-corrected chi connectivity index (χ1v) is 16.0. The van der Waals surface area contributed by atoms with Crippen LogP contribution in [0.5, 0.6) is 5.75 Å². The number of amides is 2. The van der Waals surface area contributed by atoms with Crippen molar-refractivity contribution < 1.29 is 22.7 Å². The van der Waals surface area contributed by atoms with Gasteiger partial charge >= 0.3 is 0 Å². The Morgan fingerprint density at radius 2 is 1.64 bits per heavy atom. The van der Waals surface area contributed by atoms with E-state index in [0.29, 0.717) is 5.75 Å². The maximum absolute atomic E-state index is 14.1. The fourth-order valence-electron chi connectivity index (χ4n) is 4.94. The number of anilines is 1. The lowest BCUT2D eigenvalue weighted by Crippen LogP contribution is -2.52. The number of benzene rings is 3. The average Bonchev–Trinajstić information content (AvgIpc) is 3.49. The first-order chi connectivity index (χ1) is 20.0. The fraction of sp³-hybridized carbons (Fsp3) is 0.355. The highest BCUT2D eigenvalue weighted by Crippen LogP contribution is 2.35. The van der Waals surface area contributed by atoms with E-state index in [1.54, 1.807) is 56.5 Å². The quantitative estimate of drug-likeness (QED) is 0.281. The molecule has 3 aromatic rings. The number of halogens is 2. The highest BCUT2D eigenvalue weighted by molar-refractivity contribution is 7.92. The van der Waals surface area contributed by atoms with Crippen LogP contribution in [0.4, 0.5) is 5.69 Å². The number of ether oxygens (including phenoxy) is 1. The summed E-state index contributed by atoms with van der Waals surface area (Å²) in [5.41, 5.74) is 1.69. The van der Waals surface area contributed by atoms with Crippen LogP contribution in [0.15, 0.2) is 71.6 Å². The molecule has 1 aliphatic rings. The molecule has 0 aromatic heterocycles. The third kappa shape index (κ3) is 7.38. The van der Waals surface area contributed by atoms with Crippen LogP contribution in [0.25, 0.3) is 0 Å². The number of nitrogens with zero attached hydrogens (tertiary/aromatic N) is 2. The molecule has 0 aliphatic heterocycles. The van der Waals surface area contributed by atoms with Gasteiger partial charge in [-0.05, 0) is 68.7 Å². The molecule has 0 unspecified atom stereocenters. The number of nitrogens with one attached hydrogen (secondary N) is 1. The van der Waals surface area contributed by atoms with Crippen molar-refractivity contribution in [3.63, 3.8) is 0 Å². The summed E-state index contributed by atoms with van der Waals surface area (Å²) < 4.78 is 34.2. The lowest BCUT2D eigenvalue weighted by molar-refractivity contribution is -0.139. The van der Waals surface area contributed by atoms with Crippen LogP contribution >= 0.6 is 23.2 Å². The molecule has 0 radical (unpaired) electrons. The van der Waals surface area contributed by atoms with Gasteiger partial charge in [0.2, 0.25) is 11.8 Å². The van der Waals surface area contributed by atoms with Crippen molar-refractivity contribution in [2.75, 3.05) is 18.0 Å². The first-order valence-electron chi connectivity index (χ1n) is 13.8. The molecule has 1 fully saturated rings. The molecular weight excluding hydrogens is 597 g/mol. The Kier molecular flexibility index (Phi) is 10.4. The van der Waals surface area contributed by atoms with Gasteiger partial charge in [0, 0.05) is 12.6 Å². The second-order valence-corrected chi connectivity index (χ2v) is 13.1. The molecule has 0 bridgehead atoms. The van der Waals surface area contributed by atoms with E-state index in [4.69, 9.17) is 27.9 Å². The Morgan fingerprint density at radius 3 is 2.26 bits per heavy atom. The highest BCUT2D eigenvalue weighted by Gasteiger charge is 2.34. The van der Waals surface area contributed by atoms with Crippen molar-refractivity contribution in [1.82, 2.24) is 10.2 Å². The van der Waals surface area contributed by atoms with E-state index in [2.05, 4.69) is 5.32 Å². The van der Waals surface area contributed by atoms with Gasteiger partial charge in [-0.2, -0.15) is 0 Å². The molecular formula is C31H35Cl2N3O5S. The van der Waals surface area contributed by atoms with Gasteiger partial charge in [-0.3, -0.25) is 13.9 Å². The average molecular weight is 633 g/mol. The molecule has 0 heterocycles. The molecule has 8 nitrogen and oxygen atoms in total. The van der Waals surface area contributed by atoms with E-state index in [9.17, 15) is 18.0 Å². The Labute approximate surface area is 257 Å². The predicted molar refractivity (Wildman–Crippen MR) is 166 cm³/mol. The number of sulfonamides is 1. The van der Waals surface area contributed by atoms with Gasteiger partial charge < -0.3 is 15.0 Å². The molecule has 4 rings (SSSR count). The molecule has 11 heteroatoms. The molecule has 1 atom stereocenters. The second kappa shape index (κ2) is 13.8. The predicted octanol–water partition coefficient (Wildman–Crippen LogP) is 5.98. The molecule has 42 heavy (non-hydrogen) atoms. The van der Waals surface area contributed by atoms with Crippen LogP contribution in [0.1, 0.15) is 43.7 Å². The normalized spacial score (nSPS) is 14.3. The Balaban J connectivity index is 1.71. The molecule has 0 spiro atoms. The summed E-state index contributed by atoms with van der Waals surface area (Å²) in [4.78, 5) is 28.8. The lowest BCUT2D eigenvalue weighted by Gasteiger charge is -2.32. The van der Waals surface area contributed by atoms with Crippen LogP contribution in [0, 0.1) is 6.92 Å². The maximum Gasteiger partial charge on any atom is 0.264 e. The molecule has 1 saturated carbocycles. The van der Waals surface area contributed by atoms with E-state index < -0.39 is 28.5 Å². The van der Waals surface area contributed by atoms with E-state index in [1.165, 1.54) is 29.2 Å². The molecule has 3 aromatic carbocycles. The second-order valence-electron chi connectivity index (χ2n) is 10.4. The maximum atomic E-state index is 14.1. The number of rotatable bonds is 11. The monoisotopic (exact) mass is 631 g/mol. The molecule has 1 aliphatic carbocycles. The number of carbonyl (C=O) groups excluding carboxylic acids is 2. The van der Waals surface area contributed by atoms with Crippen molar-refractivity contribution in [1.29, 1.82) is 0 Å². The van der Waals surface area contributed by atoms with Crippen LogP contribution < -0.4 is 14.4 Å². The molecule has 224 valence electrons. The van der Waals surface area contributed by atoms with Crippen molar-refractivity contribution in [2.24, 2.45) is 0 Å². The Bertz CT molecular complexity index is 1510. The fourth-order valence-corrected chi connectivity index (χ4v) is 6.81.